The van der Waals surface area contributed by atoms with Crippen LogP contribution < -0.4 is 5.32 Å². The molecule has 1 amide bonds. The van der Waals surface area contributed by atoms with Crippen LogP contribution in [-0.2, 0) is 11.3 Å². The van der Waals surface area contributed by atoms with E-state index in [1.54, 1.807) is 11.3 Å². The molecular weight excluding hydrogens is 480 g/mol. The van der Waals surface area contributed by atoms with E-state index in [2.05, 4.69) is 51.9 Å². The summed E-state index contributed by atoms with van der Waals surface area (Å²) in [4.78, 5) is 16.1. The van der Waals surface area contributed by atoms with Crippen molar-refractivity contribution in [3.8, 4) is 11.1 Å². The van der Waals surface area contributed by atoms with E-state index >= 15 is 0 Å². The summed E-state index contributed by atoms with van der Waals surface area (Å²) >= 11 is 7.56. The van der Waals surface area contributed by atoms with Gasteiger partial charge in [0.2, 0.25) is 0 Å². The summed E-state index contributed by atoms with van der Waals surface area (Å²) in [5, 5.41) is 10.8. The molecule has 1 aliphatic heterocycles. The van der Waals surface area contributed by atoms with E-state index in [1.165, 1.54) is 22.3 Å². The molecule has 2 aliphatic rings. The van der Waals surface area contributed by atoms with Gasteiger partial charge in [-0.05, 0) is 47.2 Å². The standard InChI is InChI=1S/C27H25ClN4O2S/c28-25-12-11-17(35-25)15-29-26-14-23(30-31-26)24-10-5-13-32(24)27(33)34-16-22-20-8-3-1-6-18(20)19-7-2-4-9-21(19)22/h1-4,6-9,11-12,14,22,24H,5,10,13,15-16H2,(H2,29,30,31). The first-order chi connectivity index (χ1) is 17.2. The maximum absolute atomic E-state index is 13.2. The van der Waals surface area contributed by atoms with Crippen LogP contribution in [0, 0.1) is 0 Å². The number of H-pyrrole nitrogens is 1. The van der Waals surface area contributed by atoms with E-state index in [-0.39, 0.29) is 18.1 Å². The molecule has 1 saturated heterocycles. The van der Waals surface area contributed by atoms with Crippen molar-refractivity contribution in [2.45, 2.75) is 31.3 Å². The highest BCUT2D eigenvalue weighted by atomic mass is 35.5. The molecule has 0 radical (unpaired) electrons. The van der Waals surface area contributed by atoms with Gasteiger partial charge in [-0.15, -0.1) is 11.3 Å². The highest BCUT2D eigenvalue weighted by molar-refractivity contribution is 7.16. The number of nitrogens with one attached hydrogen (secondary N) is 2. The third kappa shape index (κ3) is 4.30. The fourth-order valence-electron chi connectivity index (χ4n) is 5.21. The zero-order valence-corrected chi connectivity index (χ0v) is 20.6. The van der Waals surface area contributed by atoms with E-state index in [9.17, 15) is 4.79 Å². The van der Waals surface area contributed by atoms with Crippen molar-refractivity contribution >= 4 is 34.8 Å². The van der Waals surface area contributed by atoms with Crippen molar-refractivity contribution in [1.82, 2.24) is 15.1 Å². The number of hydrogen-bond donors (Lipinski definition) is 2. The molecule has 2 aromatic carbocycles. The van der Waals surface area contributed by atoms with Gasteiger partial charge >= 0.3 is 6.09 Å². The first kappa shape index (κ1) is 22.2. The molecule has 2 aromatic heterocycles. The van der Waals surface area contributed by atoms with Crippen LogP contribution in [0.3, 0.4) is 0 Å². The Morgan fingerprint density at radius 2 is 1.86 bits per heavy atom. The lowest BCUT2D eigenvalue weighted by Crippen LogP contribution is -2.32. The minimum atomic E-state index is -0.272. The van der Waals surface area contributed by atoms with Gasteiger partial charge in [0.15, 0.2) is 0 Å². The van der Waals surface area contributed by atoms with Crippen LogP contribution in [0.5, 0.6) is 0 Å². The van der Waals surface area contributed by atoms with Crippen molar-refractivity contribution in [3.05, 3.63) is 92.8 Å². The minimum absolute atomic E-state index is 0.0566. The van der Waals surface area contributed by atoms with Gasteiger partial charge in [0, 0.05) is 23.4 Å². The van der Waals surface area contributed by atoms with Crippen LogP contribution in [0.15, 0.2) is 66.7 Å². The van der Waals surface area contributed by atoms with Crippen molar-refractivity contribution in [3.63, 3.8) is 0 Å². The molecule has 4 aromatic rings. The lowest BCUT2D eigenvalue weighted by atomic mass is 9.98. The second kappa shape index (κ2) is 9.40. The molecule has 6 rings (SSSR count). The first-order valence-electron chi connectivity index (χ1n) is 11.8. The van der Waals surface area contributed by atoms with Crippen LogP contribution in [0.1, 0.15) is 46.5 Å². The van der Waals surface area contributed by atoms with Gasteiger partial charge in [0.25, 0.3) is 0 Å². The Balaban J connectivity index is 1.12. The van der Waals surface area contributed by atoms with E-state index in [4.69, 9.17) is 16.3 Å². The first-order valence-corrected chi connectivity index (χ1v) is 13.0. The number of likely N-dealkylation sites (tertiary alicyclic amines) is 1. The smallest absolute Gasteiger partial charge is 0.410 e. The van der Waals surface area contributed by atoms with Crippen LogP contribution in [0.4, 0.5) is 10.6 Å². The second-order valence-electron chi connectivity index (χ2n) is 8.92. The van der Waals surface area contributed by atoms with E-state index in [0.29, 0.717) is 19.7 Å². The largest absolute Gasteiger partial charge is 0.448 e. The zero-order valence-electron chi connectivity index (χ0n) is 19.0. The highest BCUT2D eigenvalue weighted by Gasteiger charge is 2.34. The summed E-state index contributed by atoms with van der Waals surface area (Å²) < 4.78 is 6.69. The Kier molecular flexibility index (Phi) is 5.96. The molecule has 1 fully saturated rings. The molecule has 1 atom stereocenters. The lowest BCUT2D eigenvalue weighted by Gasteiger charge is -2.24. The Morgan fingerprint density at radius 3 is 2.57 bits per heavy atom. The summed E-state index contributed by atoms with van der Waals surface area (Å²) in [7, 11) is 0. The number of fused-ring (bicyclic) bond motifs is 3. The van der Waals surface area contributed by atoms with E-state index in [0.717, 1.165) is 33.6 Å². The lowest BCUT2D eigenvalue weighted by molar-refractivity contribution is 0.0950. The Morgan fingerprint density at radius 1 is 1.11 bits per heavy atom. The minimum Gasteiger partial charge on any atom is -0.448 e. The van der Waals surface area contributed by atoms with Crippen molar-refractivity contribution < 1.29 is 9.53 Å². The number of carbonyl (C=O) groups is 1. The molecule has 0 bridgehead atoms. The molecule has 6 nitrogen and oxygen atoms in total. The monoisotopic (exact) mass is 504 g/mol. The van der Waals surface area contributed by atoms with Gasteiger partial charge in [-0.2, -0.15) is 5.10 Å². The quantitative estimate of drug-likeness (QED) is 0.302. The molecule has 3 heterocycles. The van der Waals surface area contributed by atoms with Crippen LogP contribution in [0.2, 0.25) is 4.34 Å². The van der Waals surface area contributed by atoms with Gasteiger partial charge in [-0.1, -0.05) is 60.1 Å². The number of aromatic nitrogens is 2. The van der Waals surface area contributed by atoms with E-state index < -0.39 is 0 Å². The number of nitrogens with zero attached hydrogens (tertiary/aromatic N) is 2. The number of carbonyl (C=O) groups excluding carboxylic acids is 1. The molecule has 178 valence electrons. The number of hydrogen-bond acceptors (Lipinski definition) is 5. The second-order valence-corrected chi connectivity index (χ2v) is 10.7. The third-order valence-corrected chi connectivity index (χ3v) is 8.08. The maximum Gasteiger partial charge on any atom is 0.410 e. The number of anilines is 1. The third-order valence-electron chi connectivity index (χ3n) is 6.85. The van der Waals surface area contributed by atoms with Crippen molar-refractivity contribution in [2.24, 2.45) is 0 Å². The predicted molar refractivity (Wildman–Crippen MR) is 139 cm³/mol. The van der Waals surface area contributed by atoms with Crippen molar-refractivity contribution in [1.29, 1.82) is 0 Å². The molecule has 0 saturated carbocycles. The van der Waals surface area contributed by atoms with Crippen LogP contribution in [-0.4, -0.2) is 34.3 Å². The van der Waals surface area contributed by atoms with Gasteiger partial charge in [0.1, 0.15) is 12.4 Å². The number of rotatable bonds is 6. The molecule has 0 spiro atoms. The SMILES string of the molecule is O=C(OCC1c2ccccc2-c2ccccc21)N1CCCC1c1cc(NCc2ccc(Cl)s2)n[nH]1. The Hall–Kier alpha value is -3.29. The summed E-state index contributed by atoms with van der Waals surface area (Å²) in [6.45, 7) is 1.66. The van der Waals surface area contributed by atoms with Gasteiger partial charge in [-0.25, -0.2) is 4.79 Å². The summed E-state index contributed by atoms with van der Waals surface area (Å²) in [6, 6.07) is 22.6. The number of ether oxygens (including phenoxy) is 1. The topological polar surface area (TPSA) is 70.2 Å². The zero-order chi connectivity index (χ0) is 23.8. The number of benzene rings is 2. The Bertz CT molecular complexity index is 1320. The highest BCUT2D eigenvalue weighted by Crippen LogP contribution is 2.44. The summed E-state index contributed by atoms with van der Waals surface area (Å²) in [5.41, 5.74) is 5.81. The predicted octanol–water partition coefficient (Wildman–Crippen LogP) is 6.82. The summed E-state index contributed by atoms with van der Waals surface area (Å²) in [6.07, 6.45) is 1.54. The molecule has 8 heteroatoms. The number of thiophene rings is 1. The van der Waals surface area contributed by atoms with E-state index in [1.807, 2.05) is 35.2 Å². The fourth-order valence-corrected chi connectivity index (χ4v) is 6.24. The number of aromatic amines is 1. The Labute approximate surface area is 212 Å². The van der Waals surface area contributed by atoms with Crippen molar-refractivity contribution in [2.75, 3.05) is 18.5 Å². The molecule has 1 aliphatic carbocycles. The molecule has 1 unspecified atom stereocenters. The van der Waals surface area contributed by atoms with Gasteiger partial charge in [0.05, 0.1) is 22.6 Å². The number of halogens is 1. The fraction of sp³-hybridized carbons (Fsp3) is 0.259. The van der Waals surface area contributed by atoms with Crippen LogP contribution >= 0.6 is 22.9 Å². The van der Waals surface area contributed by atoms with Gasteiger partial charge < -0.3 is 10.1 Å². The maximum atomic E-state index is 13.2. The molecular formula is C27H25ClN4O2S. The normalized spacial score (nSPS) is 16.8. The van der Waals surface area contributed by atoms with Crippen LogP contribution in [0.25, 0.3) is 11.1 Å². The average molecular weight is 505 g/mol. The number of amides is 1. The molecule has 35 heavy (non-hydrogen) atoms. The molecule has 2 N–H and O–H groups in total. The average Bonchev–Trinajstić information content (AvgIpc) is 3.67. The summed E-state index contributed by atoms with van der Waals surface area (Å²) in [5.74, 6) is 0.810. The van der Waals surface area contributed by atoms with Gasteiger partial charge in [-0.3, -0.25) is 10.00 Å².